The topological polar surface area (TPSA) is 73.4 Å². The van der Waals surface area contributed by atoms with Gasteiger partial charge >= 0.3 is 5.63 Å². The predicted molar refractivity (Wildman–Crippen MR) is 131 cm³/mol. The first-order chi connectivity index (χ1) is 16.0. The van der Waals surface area contributed by atoms with Gasteiger partial charge in [0.25, 0.3) is 0 Å². The Labute approximate surface area is 196 Å². The van der Waals surface area contributed by atoms with Crippen LogP contribution in [0.3, 0.4) is 0 Å². The number of nitrogens with zero attached hydrogens (tertiary/aromatic N) is 4. The second-order valence-corrected chi connectivity index (χ2v) is 9.26. The molecule has 4 aromatic rings. The molecule has 1 aliphatic rings. The van der Waals surface area contributed by atoms with E-state index in [1.54, 1.807) is 17.8 Å². The van der Waals surface area contributed by atoms with Crippen LogP contribution in [-0.2, 0) is 10.5 Å². The van der Waals surface area contributed by atoms with Gasteiger partial charge in [0, 0.05) is 30.3 Å². The number of hydrogen-bond donors (Lipinski definition) is 0. The van der Waals surface area contributed by atoms with E-state index in [0.717, 1.165) is 52.0 Å². The molecular weight excluding hydrogens is 436 g/mol. The molecule has 0 radical (unpaired) electrons. The summed E-state index contributed by atoms with van der Waals surface area (Å²) < 4.78 is 13.1. The van der Waals surface area contributed by atoms with E-state index in [1.165, 1.54) is 5.56 Å². The maximum atomic E-state index is 12.2. The van der Waals surface area contributed by atoms with E-state index in [1.807, 2.05) is 25.1 Å². The normalized spacial score (nSPS) is 14.2. The Morgan fingerprint density at radius 3 is 2.52 bits per heavy atom. The van der Waals surface area contributed by atoms with E-state index in [9.17, 15) is 4.79 Å². The summed E-state index contributed by atoms with van der Waals surface area (Å²) in [5, 5.41) is 10.9. The number of morpholine rings is 1. The number of fused-ring (bicyclic) bond motifs is 1. The highest BCUT2D eigenvalue weighted by atomic mass is 32.2. The molecule has 2 aromatic carbocycles. The molecule has 2 aromatic heterocycles. The third-order valence-electron chi connectivity index (χ3n) is 6.07. The van der Waals surface area contributed by atoms with Gasteiger partial charge in [0.1, 0.15) is 5.58 Å². The van der Waals surface area contributed by atoms with Gasteiger partial charge in [0.05, 0.1) is 18.9 Å². The minimum Gasteiger partial charge on any atom is -0.423 e. The zero-order valence-corrected chi connectivity index (χ0v) is 19.8. The number of thioether (sulfide) groups is 1. The van der Waals surface area contributed by atoms with Gasteiger partial charge in [-0.25, -0.2) is 4.79 Å². The summed E-state index contributed by atoms with van der Waals surface area (Å²) in [7, 11) is 0. The van der Waals surface area contributed by atoms with Crippen LogP contribution in [0.4, 0.5) is 5.95 Å². The molecule has 0 N–H and O–H groups in total. The molecule has 8 heteroatoms. The smallest absolute Gasteiger partial charge is 0.336 e. The average molecular weight is 463 g/mol. The van der Waals surface area contributed by atoms with Gasteiger partial charge in [-0.3, -0.25) is 4.57 Å². The summed E-state index contributed by atoms with van der Waals surface area (Å²) in [6.45, 7) is 9.08. The number of anilines is 1. The quantitative estimate of drug-likeness (QED) is 0.321. The van der Waals surface area contributed by atoms with Gasteiger partial charge in [-0.1, -0.05) is 30.0 Å². The molecule has 170 valence electrons. The molecule has 0 bridgehead atoms. The van der Waals surface area contributed by atoms with Crippen LogP contribution in [0.25, 0.3) is 16.7 Å². The second-order valence-electron chi connectivity index (χ2n) is 8.32. The van der Waals surface area contributed by atoms with Crippen molar-refractivity contribution in [2.75, 3.05) is 31.2 Å². The van der Waals surface area contributed by atoms with E-state index in [0.29, 0.717) is 24.5 Å². The van der Waals surface area contributed by atoms with Crippen molar-refractivity contribution >= 4 is 28.7 Å². The Hall–Kier alpha value is -3.10. The van der Waals surface area contributed by atoms with Gasteiger partial charge < -0.3 is 14.1 Å². The van der Waals surface area contributed by atoms with Crippen molar-refractivity contribution in [1.82, 2.24) is 14.8 Å². The van der Waals surface area contributed by atoms with Crippen molar-refractivity contribution in [2.24, 2.45) is 0 Å². The largest absolute Gasteiger partial charge is 0.423 e. The van der Waals surface area contributed by atoms with E-state index in [4.69, 9.17) is 9.15 Å². The van der Waals surface area contributed by atoms with E-state index < -0.39 is 0 Å². The SMILES string of the molecule is Cc1cc2oc(=O)cc(CSc3nnc(N4CCOCC4)n3-c3ccccc3C)c2cc1C. The first-order valence-electron chi connectivity index (χ1n) is 11.0. The molecule has 1 saturated heterocycles. The summed E-state index contributed by atoms with van der Waals surface area (Å²) in [5.74, 6) is 1.40. The highest BCUT2D eigenvalue weighted by Gasteiger charge is 2.23. The predicted octanol–water partition coefficient (Wildman–Crippen LogP) is 4.43. The molecule has 0 amide bonds. The zero-order chi connectivity index (χ0) is 22.9. The molecule has 0 aliphatic carbocycles. The maximum absolute atomic E-state index is 12.2. The maximum Gasteiger partial charge on any atom is 0.336 e. The summed E-state index contributed by atoms with van der Waals surface area (Å²) in [6.07, 6.45) is 0. The van der Waals surface area contributed by atoms with Crippen LogP contribution in [-0.4, -0.2) is 41.1 Å². The van der Waals surface area contributed by atoms with Crippen molar-refractivity contribution < 1.29 is 9.15 Å². The lowest BCUT2D eigenvalue weighted by atomic mass is 10.0. The van der Waals surface area contributed by atoms with Crippen LogP contribution in [0.5, 0.6) is 0 Å². The lowest BCUT2D eigenvalue weighted by Gasteiger charge is -2.28. The molecule has 5 rings (SSSR count). The minimum absolute atomic E-state index is 0.337. The second kappa shape index (κ2) is 9.03. The summed E-state index contributed by atoms with van der Waals surface area (Å²) >= 11 is 1.57. The molecular formula is C25H26N4O3S. The van der Waals surface area contributed by atoms with Gasteiger partial charge in [0.15, 0.2) is 5.16 Å². The van der Waals surface area contributed by atoms with Crippen LogP contribution in [0.15, 0.2) is 56.8 Å². The average Bonchev–Trinajstić information content (AvgIpc) is 3.23. The number of benzene rings is 2. The monoisotopic (exact) mass is 462 g/mol. The molecule has 1 aliphatic heterocycles. The molecule has 7 nitrogen and oxygen atoms in total. The van der Waals surface area contributed by atoms with Gasteiger partial charge in [-0.2, -0.15) is 0 Å². The first kappa shape index (κ1) is 21.7. The van der Waals surface area contributed by atoms with Gasteiger partial charge in [-0.15, -0.1) is 10.2 Å². The Balaban J connectivity index is 1.54. The lowest BCUT2D eigenvalue weighted by Crippen LogP contribution is -2.38. The molecule has 0 unspecified atom stereocenters. The summed E-state index contributed by atoms with van der Waals surface area (Å²) in [6, 6.07) is 13.9. The fourth-order valence-corrected chi connectivity index (χ4v) is 5.02. The summed E-state index contributed by atoms with van der Waals surface area (Å²) in [5.41, 5.74) is 5.68. The van der Waals surface area contributed by atoms with Crippen LogP contribution < -0.4 is 10.5 Å². The van der Waals surface area contributed by atoms with Crippen LogP contribution in [0.2, 0.25) is 0 Å². The van der Waals surface area contributed by atoms with Crippen molar-refractivity contribution in [3.63, 3.8) is 0 Å². The highest BCUT2D eigenvalue weighted by Crippen LogP contribution is 2.32. The van der Waals surface area contributed by atoms with Crippen molar-refractivity contribution in [3.8, 4) is 5.69 Å². The number of aryl methyl sites for hydroxylation is 3. The minimum atomic E-state index is -0.337. The number of rotatable bonds is 5. The molecule has 3 heterocycles. The number of para-hydroxylation sites is 1. The number of aromatic nitrogens is 3. The molecule has 33 heavy (non-hydrogen) atoms. The molecule has 0 atom stereocenters. The molecule has 0 spiro atoms. The van der Waals surface area contributed by atoms with Gasteiger partial charge in [-0.05, 0) is 61.2 Å². The Morgan fingerprint density at radius 1 is 0.970 bits per heavy atom. The standard InChI is InChI=1S/C25H26N4O3S/c1-16-6-4-5-7-21(16)29-24(28-8-10-31-11-9-28)26-27-25(29)33-15-19-14-23(30)32-22-13-18(3)17(2)12-20(19)22/h4-7,12-14H,8-11,15H2,1-3H3. The fraction of sp³-hybridized carbons (Fsp3) is 0.320. The van der Waals surface area contributed by atoms with Gasteiger partial charge in [0.2, 0.25) is 5.95 Å². The van der Waals surface area contributed by atoms with Crippen molar-refractivity contribution in [2.45, 2.75) is 31.7 Å². The Morgan fingerprint density at radius 2 is 1.73 bits per heavy atom. The number of hydrogen-bond acceptors (Lipinski definition) is 7. The molecule has 0 saturated carbocycles. The summed E-state index contributed by atoms with van der Waals surface area (Å²) in [4.78, 5) is 14.4. The van der Waals surface area contributed by atoms with Crippen LogP contribution >= 0.6 is 11.8 Å². The fourth-order valence-electron chi connectivity index (χ4n) is 4.09. The van der Waals surface area contributed by atoms with Crippen molar-refractivity contribution in [1.29, 1.82) is 0 Å². The van der Waals surface area contributed by atoms with Crippen LogP contribution in [0, 0.1) is 20.8 Å². The lowest BCUT2D eigenvalue weighted by molar-refractivity contribution is 0.122. The van der Waals surface area contributed by atoms with E-state index in [-0.39, 0.29) is 5.63 Å². The Kier molecular flexibility index (Phi) is 5.95. The highest BCUT2D eigenvalue weighted by molar-refractivity contribution is 7.98. The Bertz CT molecular complexity index is 1370. The van der Waals surface area contributed by atoms with E-state index in [2.05, 4.69) is 51.7 Å². The van der Waals surface area contributed by atoms with Crippen molar-refractivity contribution in [3.05, 3.63) is 75.1 Å². The third kappa shape index (κ3) is 4.28. The number of ether oxygens (including phenoxy) is 1. The third-order valence-corrected chi connectivity index (χ3v) is 7.05. The first-order valence-corrected chi connectivity index (χ1v) is 12.0. The zero-order valence-electron chi connectivity index (χ0n) is 19.0. The van der Waals surface area contributed by atoms with E-state index >= 15 is 0 Å². The molecule has 1 fully saturated rings. The van der Waals surface area contributed by atoms with Crippen LogP contribution in [0.1, 0.15) is 22.3 Å².